The number of ether oxygens (including phenoxy) is 1. The monoisotopic (exact) mass is 301 g/mol. The Balaban J connectivity index is 2.98. The van der Waals surface area contributed by atoms with Crippen LogP contribution in [0, 0.1) is 0 Å². The molecule has 0 spiro atoms. The van der Waals surface area contributed by atoms with Crippen molar-refractivity contribution < 1.29 is 4.74 Å². The van der Waals surface area contributed by atoms with Crippen LogP contribution in [0.25, 0.3) is 0 Å². The molecule has 1 aromatic heterocycles. The largest absolute Gasteiger partial charge is 0.385 e. The van der Waals surface area contributed by atoms with Crippen molar-refractivity contribution >= 4 is 21.7 Å². The van der Waals surface area contributed by atoms with E-state index in [0.29, 0.717) is 12.4 Å². The van der Waals surface area contributed by atoms with Crippen LogP contribution in [0.3, 0.4) is 0 Å². The molecular formula is C12H20BrN3O. The van der Waals surface area contributed by atoms with Gasteiger partial charge in [-0.2, -0.15) is 0 Å². The van der Waals surface area contributed by atoms with E-state index in [2.05, 4.69) is 46.7 Å². The van der Waals surface area contributed by atoms with Crippen LogP contribution < -0.4 is 5.73 Å². The second kappa shape index (κ2) is 5.78. The highest BCUT2D eigenvalue weighted by atomic mass is 79.9. The molecule has 1 aromatic rings. The summed E-state index contributed by atoms with van der Waals surface area (Å²) in [6.07, 6.45) is 1.69. The van der Waals surface area contributed by atoms with Gasteiger partial charge in [0.2, 0.25) is 0 Å². The first-order chi connectivity index (χ1) is 7.86. The third-order valence-electron chi connectivity index (χ3n) is 2.38. The lowest BCUT2D eigenvalue weighted by molar-refractivity contribution is 0.194. The van der Waals surface area contributed by atoms with Gasteiger partial charge in [0.15, 0.2) is 0 Å². The van der Waals surface area contributed by atoms with Gasteiger partial charge in [-0.3, -0.25) is 0 Å². The number of nitrogen functional groups attached to an aromatic ring is 1. The molecule has 0 saturated carbocycles. The van der Waals surface area contributed by atoms with E-state index in [4.69, 9.17) is 10.5 Å². The zero-order valence-electron chi connectivity index (χ0n) is 10.9. The minimum atomic E-state index is -0.0497. The van der Waals surface area contributed by atoms with E-state index in [-0.39, 0.29) is 5.41 Å². The smallest absolute Gasteiger partial charge is 0.141 e. The number of rotatable bonds is 4. The standard InChI is InChI=1S/C12H20BrN3O/c1-12(2,3)10-9(13)11(14)16-8(15-10)6-5-7-17-4/h5-7H2,1-4H3,(H2,14,15,16). The highest BCUT2D eigenvalue weighted by Gasteiger charge is 2.22. The number of halogens is 1. The van der Waals surface area contributed by atoms with Gasteiger partial charge in [0, 0.05) is 25.6 Å². The van der Waals surface area contributed by atoms with Crippen LogP contribution in [0.15, 0.2) is 4.47 Å². The van der Waals surface area contributed by atoms with Crippen LogP contribution in [0.5, 0.6) is 0 Å². The molecule has 0 unspecified atom stereocenters. The van der Waals surface area contributed by atoms with Crippen LogP contribution in [-0.2, 0) is 16.6 Å². The van der Waals surface area contributed by atoms with Crippen LogP contribution in [-0.4, -0.2) is 23.7 Å². The summed E-state index contributed by atoms with van der Waals surface area (Å²) in [6, 6.07) is 0. The van der Waals surface area contributed by atoms with Crippen LogP contribution >= 0.6 is 15.9 Å². The number of aromatic nitrogens is 2. The SMILES string of the molecule is COCCCc1nc(N)c(Br)c(C(C)(C)C)n1. The third-order valence-corrected chi connectivity index (χ3v) is 3.16. The normalized spacial score (nSPS) is 11.8. The van der Waals surface area contributed by atoms with E-state index in [1.54, 1.807) is 7.11 Å². The summed E-state index contributed by atoms with van der Waals surface area (Å²) in [5.74, 6) is 1.30. The van der Waals surface area contributed by atoms with Gasteiger partial charge in [-0.15, -0.1) is 0 Å². The van der Waals surface area contributed by atoms with Crippen LogP contribution in [0.2, 0.25) is 0 Å². The maximum atomic E-state index is 5.89. The summed E-state index contributed by atoms with van der Waals surface area (Å²) < 4.78 is 5.82. The number of nitrogens with two attached hydrogens (primary N) is 1. The molecule has 1 heterocycles. The second-order valence-electron chi connectivity index (χ2n) is 5.03. The number of methoxy groups -OCH3 is 1. The average Bonchev–Trinajstić information content (AvgIpc) is 2.21. The van der Waals surface area contributed by atoms with Gasteiger partial charge in [0.1, 0.15) is 11.6 Å². The lowest BCUT2D eigenvalue weighted by Gasteiger charge is -2.20. The van der Waals surface area contributed by atoms with E-state index in [9.17, 15) is 0 Å². The summed E-state index contributed by atoms with van der Waals surface area (Å²) in [5, 5.41) is 0. The van der Waals surface area contributed by atoms with Gasteiger partial charge in [-0.05, 0) is 22.4 Å². The van der Waals surface area contributed by atoms with Gasteiger partial charge in [0.05, 0.1) is 10.2 Å². The lowest BCUT2D eigenvalue weighted by atomic mass is 9.92. The maximum Gasteiger partial charge on any atom is 0.141 e. The van der Waals surface area contributed by atoms with E-state index < -0.39 is 0 Å². The predicted molar refractivity (Wildman–Crippen MR) is 73.0 cm³/mol. The number of hydrogen-bond donors (Lipinski definition) is 1. The quantitative estimate of drug-likeness (QED) is 0.869. The summed E-state index contributed by atoms with van der Waals surface area (Å²) in [5.41, 5.74) is 6.80. The summed E-state index contributed by atoms with van der Waals surface area (Å²) in [4.78, 5) is 8.87. The first-order valence-electron chi connectivity index (χ1n) is 5.67. The van der Waals surface area contributed by atoms with Crippen molar-refractivity contribution in [2.75, 3.05) is 19.5 Å². The van der Waals surface area contributed by atoms with Crippen molar-refractivity contribution in [3.8, 4) is 0 Å². The molecule has 96 valence electrons. The first kappa shape index (κ1) is 14.4. The van der Waals surface area contributed by atoms with Crippen molar-refractivity contribution in [2.24, 2.45) is 0 Å². The first-order valence-corrected chi connectivity index (χ1v) is 6.47. The molecule has 2 N–H and O–H groups in total. The molecule has 5 heteroatoms. The average molecular weight is 302 g/mol. The highest BCUT2D eigenvalue weighted by Crippen LogP contribution is 2.31. The van der Waals surface area contributed by atoms with Gasteiger partial charge < -0.3 is 10.5 Å². The van der Waals surface area contributed by atoms with Crippen molar-refractivity contribution in [1.29, 1.82) is 0 Å². The summed E-state index contributed by atoms with van der Waals surface area (Å²) in [7, 11) is 1.69. The van der Waals surface area contributed by atoms with Gasteiger partial charge in [0.25, 0.3) is 0 Å². The van der Waals surface area contributed by atoms with Crippen molar-refractivity contribution in [2.45, 2.75) is 39.0 Å². The van der Waals surface area contributed by atoms with E-state index in [1.165, 1.54) is 0 Å². The molecule has 0 radical (unpaired) electrons. The number of hydrogen-bond acceptors (Lipinski definition) is 4. The van der Waals surface area contributed by atoms with Crippen LogP contribution in [0.4, 0.5) is 5.82 Å². The molecule has 0 aliphatic rings. The maximum absolute atomic E-state index is 5.89. The molecule has 0 aliphatic carbocycles. The summed E-state index contributed by atoms with van der Waals surface area (Å²) in [6.45, 7) is 7.04. The fraction of sp³-hybridized carbons (Fsp3) is 0.667. The Morgan fingerprint density at radius 1 is 1.29 bits per heavy atom. The predicted octanol–water partition coefficient (Wildman–Crippen LogP) is 2.70. The van der Waals surface area contributed by atoms with Gasteiger partial charge in [-0.25, -0.2) is 9.97 Å². The molecule has 17 heavy (non-hydrogen) atoms. The van der Waals surface area contributed by atoms with Crippen molar-refractivity contribution in [3.63, 3.8) is 0 Å². The molecule has 0 bridgehead atoms. The highest BCUT2D eigenvalue weighted by molar-refractivity contribution is 9.10. The molecule has 0 aromatic carbocycles. The Kier molecular flexibility index (Phi) is 4.89. The van der Waals surface area contributed by atoms with Gasteiger partial charge in [-0.1, -0.05) is 20.8 Å². The topological polar surface area (TPSA) is 61.0 Å². The Labute approximate surface area is 111 Å². The molecular weight excluding hydrogens is 282 g/mol. The fourth-order valence-electron chi connectivity index (χ4n) is 1.50. The third kappa shape index (κ3) is 3.92. The van der Waals surface area contributed by atoms with Crippen LogP contribution in [0.1, 0.15) is 38.7 Å². The summed E-state index contributed by atoms with van der Waals surface area (Å²) >= 11 is 3.46. The zero-order valence-corrected chi connectivity index (χ0v) is 12.5. The lowest BCUT2D eigenvalue weighted by Crippen LogP contribution is -2.18. The van der Waals surface area contributed by atoms with E-state index >= 15 is 0 Å². The number of aryl methyl sites for hydroxylation is 1. The molecule has 0 aliphatic heterocycles. The molecule has 0 saturated heterocycles. The Hall–Kier alpha value is -0.680. The van der Waals surface area contributed by atoms with Crippen molar-refractivity contribution in [1.82, 2.24) is 9.97 Å². The number of anilines is 1. The second-order valence-corrected chi connectivity index (χ2v) is 5.83. The molecule has 1 rings (SSSR count). The Morgan fingerprint density at radius 3 is 2.47 bits per heavy atom. The van der Waals surface area contributed by atoms with E-state index in [1.807, 2.05) is 0 Å². The van der Waals surface area contributed by atoms with Gasteiger partial charge >= 0.3 is 0 Å². The Bertz CT molecular complexity index is 388. The zero-order chi connectivity index (χ0) is 13.1. The van der Waals surface area contributed by atoms with Crippen molar-refractivity contribution in [3.05, 3.63) is 16.0 Å². The minimum Gasteiger partial charge on any atom is -0.385 e. The fourth-order valence-corrected chi connectivity index (χ4v) is 2.27. The molecule has 0 fully saturated rings. The van der Waals surface area contributed by atoms with E-state index in [0.717, 1.165) is 28.8 Å². The Morgan fingerprint density at radius 2 is 1.94 bits per heavy atom. The molecule has 0 atom stereocenters. The molecule has 4 nitrogen and oxygen atoms in total. The molecule has 0 amide bonds. The number of nitrogens with zero attached hydrogens (tertiary/aromatic N) is 2. The minimum absolute atomic E-state index is 0.0497.